The van der Waals surface area contributed by atoms with Crippen LogP contribution in [0.2, 0.25) is 0 Å². The van der Waals surface area contributed by atoms with E-state index in [2.05, 4.69) is 50.4 Å². The van der Waals surface area contributed by atoms with E-state index >= 15 is 0 Å². The highest BCUT2D eigenvalue weighted by molar-refractivity contribution is 5.22. The molecule has 0 atom stereocenters. The molecule has 0 aliphatic carbocycles. The zero-order valence-corrected chi connectivity index (χ0v) is 10.9. The van der Waals surface area contributed by atoms with Crippen LogP contribution in [0, 0.1) is 0 Å². The third kappa shape index (κ3) is 5.32. The number of rotatable bonds is 7. The first-order valence-corrected chi connectivity index (χ1v) is 6.53. The van der Waals surface area contributed by atoms with Gasteiger partial charge in [-0.25, -0.2) is 0 Å². The van der Waals surface area contributed by atoms with Gasteiger partial charge in [0.2, 0.25) is 0 Å². The molecular weight excluding hydrogens is 194 g/mol. The van der Waals surface area contributed by atoms with Crippen LogP contribution in [0.5, 0.6) is 0 Å². The summed E-state index contributed by atoms with van der Waals surface area (Å²) in [6.45, 7) is 7.74. The Balaban J connectivity index is 2.26. The van der Waals surface area contributed by atoms with Crippen molar-refractivity contribution in [2.75, 3.05) is 6.54 Å². The molecule has 0 bridgehead atoms. The number of hydrogen-bond donors (Lipinski definition) is 1. The highest BCUT2D eigenvalue weighted by atomic mass is 14.9. The minimum absolute atomic E-state index is 0.604. The lowest BCUT2D eigenvalue weighted by atomic mass is 10.0. The molecule has 1 nitrogen and oxygen atoms in total. The molecule has 0 unspecified atom stereocenters. The van der Waals surface area contributed by atoms with Crippen LogP contribution in [0.15, 0.2) is 24.3 Å². The molecule has 0 heterocycles. The summed E-state index contributed by atoms with van der Waals surface area (Å²) in [6, 6.07) is 9.70. The molecule has 0 amide bonds. The van der Waals surface area contributed by atoms with E-state index in [9.17, 15) is 0 Å². The molecule has 16 heavy (non-hydrogen) atoms. The van der Waals surface area contributed by atoms with Gasteiger partial charge < -0.3 is 5.32 Å². The Hall–Kier alpha value is -0.820. The molecule has 1 aromatic rings. The van der Waals surface area contributed by atoms with E-state index in [0.717, 1.165) is 6.54 Å². The molecule has 1 N–H and O–H groups in total. The Morgan fingerprint density at radius 2 is 1.56 bits per heavy atom. The first-order chi connectivity index (χ1) is 7.72. The maximum Gasteiger partial charge on any atom is 0.00103 e. The minimum atomic E-state index is 0.604. The van der Waals surface area contributed by atoms with Crippen molar-refractivity contribution < 1.29 is 0 Å². The number of hydrogen-bond acceptors (Lipinski definition) is 1. The molecule has 1 heteroatoms. The second-order valence-corrected chi connectivity index (χ2v) is 4.78. The number of aryl methyl sites for hydroxylation is 2. The van der Waals surface area contributed by atoms with Crippen LogP contribution in [0.25, 0.3) is 0 Å². The molecule has 0 radical (unpaired) electrons. The smallest absolute Gasteiger partial charge is 0.00103 e. The van der Waals surface area contributed by atoms with Crippen molar-refractivity contribution in [1.82, 2.24) is 5.32 Å². The van der Waals surface area contributed by atoms with E-state index in [1.54, 1.807) is 0 Å². The highest BCUT2D eigenvalue weighted by Gasteiger charge is 1.96. The van der Waals surface area contributed by atoms with Gasteiger partial charge in [-0.15, -0.1) is 0 Å². The lowest BCUT2D eigenvalue weighted by Crippen LogP contribution is -2.23. The Labute approximate surface area is 100 Å². The summed E-state index contributed by atoms with van der Waals surface area (Å²) >= 11 is 0. The van der Waals surface area contributed by atoms with Crippen LogP contribution in [-0.2, 0) is 12.8 Å². The second-order valence-electron chi connectivity index (χ2n) is 4.78. The standard InChI is InChI=1S/C15H25N/c1-4-6-14-8-10-15(11-9-14)7-5-12-16-13(2)3/h8-11,13,16H,4-7,12H2,1-3H3. The molecule has 1 aromatic carbocycles. The average Bonchev–Trinajstić information content (AvgIpc) is 2.27. The molecule has 0 aliphatic heterocycles. The van der Waals surface area contributed by atoms with Crippen LogP contribution in [-0.4, -0.2) is 12.6 Å². The predicted molar refractivity (Wildman–Crippen MR) is 71.9 cm³/mol. The van der Waals surface area contributed by atoms with Crippen LogP contribution in [0.3, 0.4) is 0 Å². The summed E-state index contributed by atoms with van der Waals surface area (Å²) in [5, 5.41) is 3.45. The lowest BCUT2D eigenvalue weighted by Gasteiger charge is -2.08. The monoisotopic (exact) mass is 219 g/mol. The van der Waals surface area contributed by atoms with Gasteiger partial charge in [0, 0.05) is 6.04 Å². The molecule has 0 aromatic heterocycles. The maximum atomic E-state index is 3.45. The zero-order valence-electron chi connectivity index (χ0n) is 10.9. The van der Waals surface area contributed by atoms with Crippen LogP contribution < -0.4 is 5.32 Å². The van der Waals surface area contributed by atoms with E-state index in [1.807, 2.05) is 0 Å². The van der Waals surface area contributed by atoms with E-state index in [-0.39, 0.29) is 0 Å². The summed E-state index contributed by atoms with van der Waals surface area (Å²) in [5.41, 5.74) is 2.93. The van der Waals surface area contributed by atoms with Crippen molar-refractivity contribution in [3.63, 3.8) is 0 Å². The zero-order chi connectivity index (χ0) is 11.8. The third-order valence-corrected chi connectivity index (χ3v) is 2.76. The average molecular weight is 219 g/mol. The van der Waals surface area contributed by atoms with E-state index in [4.69, 9.17) is 0 Å². The van der Waals surface area contributed by atoms with Crippen molar-refractivity contribution in [1.29, 1.82) is 0 Å². The quantitative estimate of drug-likeness (QED) is 0.691. The van der Waals surface area contributed by atoms with E-state index in [0.29, 0.717) is 6.04 Å². The predicted octanol–water partition coefficient (Wildman–Crippen LogP) is 3.57. The summed E-state index contributed by atoms with van der Waals surface area (Å²) in [6.07, 6.45) is 4.85. The largest absolute Gasteiger partial charge is 0.315 e. The van der Waals surface area contributed by atoms with Gasteiger partial charge in [-0.05, 0) is 36.9 Å². The number of nitrogens with one attached hydrogen (secondary N) is 1. The lowest BCUT2D eigenvalue weighted by molar-refractivity contribution is 0.570. The van der Waals surface area contributed by atoms with Gasteiger partial charge in [0.05, 0.1) is 0 Å². The van der Waals surface area contributed by atoms with Crippen LogP contribution >= 0.6 is 0 Å². The van der Waals surface area contributed by atoms with Gasteiger partial charge in [-0.1, -0.05) is 51.5 Å². The molecule has 0 spiro atoms. The number of benzene rings is 1. The van der Waals surface area contributed by atoms with Crippen LogP contribution in [0.4, 0.5) is 0 Å². The summed E-state index contributed by atoms with van der Waals surface area (Å²) < 4.78 is 0. The molecule has 0 fully saturated rings. The molecule has 90 valence electrons. The fraction of sp³-hybridized carbons (Fsp3) is 0.600. The Morgan fingerprint density at radius 3 is 2.06 bits per heavy atom. The van der Waals surface area contributed by atoms with Gasteiger partial charge in [-0.3, -0.25) is 0 Å². The molecule has 0 saturated heterocycles. The summed E-state index contributed by atoms with van der Waals surface area (Å²) in [5.74, 6) is 0. The Morgan fingerprint density at radius 1 is 1.00 bits per heavy atom. The first-order valence-electron chi connectivity index (χ1n) is 6.53. The van der Waals surface area contributed by atoms with Crippen LogP contribution in [0.1, 0.15) is 44.7 Å². The highest BCUT2D eigenvalue weighted by Crippen LogP contribution is 2.08. The van der Waals surface area contributed by atoms with Gasteiger partial charge in [0.25, 0.3) is 0 Å². The first kappa shape index (κ1) is 13.2. The van der Waals surface area contributed by atoms with Crippen molar-refractivity contribution in [2.24, 2.45) is 0 Å². The molecular formula is C15H25N. The maximum absolute atomic E-state index is 3.45. The topological polar surface area (TPSA) is 12.0 Å². The van der Waals surface area contributed by atoms with Crippen molar-refractivity contribution in [3.8, 4) is 0 Å². The molecule has 1 rings (SSSR count). The van der Waals surface area contributed by atoms with Gasteiger partial charge in [0.15, 0.2) is 0 Å². The van der Waals surface area contributed by atoms with Gasteiger partial charge >= 0.3 is 0 Å². The SMILES string of the molecule is CCCc1ccc(CCCNC(C)C)cc1. The minimum Gasteiger partial charge on any atom is -0.315 e. The normalized spacial score (nSPS) is 11.0. The fourth-order valence-corrected chi connectivity index (χ4v) is 1.84. The van der Waals surface area contributed by atoms with E-state index in [1.165, 1.54) is 36.8 Å². The Bertz CT molecular complexity index is 274. The Kier molecular flexibility index (Phi) is 6.17. The summed E-state index contributed by atoms with van der Waals surface area (Å²) in [4.78, 5) is 0. The van der Waals surface area contributed by atoms with Gasteiger partial charge in [0.1, 0.15) is 0 Å². The third-order valence-electron chi connectivity index (χ3n) is 2.76. The second kappa shape index (κ2) is 7.45. The molecule has 0 saturated carbocycles. The van der Waals surface area contributed by atoms with Gasteiger partial charge in [-0.2, -0.15) is 0 Å². The summed E-state index contributed by atoms with van der Waals surface area (Å²) in [7, 11) is 0. The van der Waals surface area contributed by atoms with E-state index < -0.39 is 0 Å². The van der Waals surface area contributed by atoms with Crippen molar-refractivity contribution in [3.05, 3.63) is 35.4 Å². The van der Waals surface area contributed by atoms with Crippen molar-refractivity contribution in [2.45, 2.75) is 52.5 Å². The fourth-order valence-electron chi connectivity index (χ4n) is 1.84. The molecule has 0 aliphatic rings. The van der Waals surface area contributed by atoms with Crippen molar-refractivity contribution >= 4 is 0 Å².